The van der Waals surface area contributed by atoms with E-state index in [1.807, 2.05) is 0 Å². The van der Waals surface area contributed by atoms with Gasteiger partial charge >= 0.3 is 0 Å². The van der Waals surface area contributed by atoms with Crippen molar-refractivity contribution in [3.8, 4) is 0 Å². The van der Waals surface area contributed by atoms with Gasteiger partial charge in [0.1, 0.15) is 5.78 Å². The molecule has 0 aromatic carbocycles. The number of carbonyl (C=O) groups excluding carboxylic acids is 1. The lowest BCUT2D eigenvalue weighted by Gasteiger charge is -2.42. The molecule has 2 nitrogen and oxygen atoms in total. The van der Waals surface area contributed by atoms with Crippen LogP contribution < -0.4 is 0 Å². The van der Waals surface area contributed by atoms with Gasteiger partial charge in [0.15, 0.2) is 0 Å². The first-order chi connectivity index (χ1) is 12.8. The molecule has 1 atom stereocenters. The van der Waals surface area contributed by atoms with Gasteiger partial charge in [0.25, 0.3) is 0 Å². The van der Waals surface area contributed by atoms with E-state index >= 15 is 0 Å². The Labute approximate surface area is 162 Å². The third-order valence-corrected chi connectivity index (χ3v) is 7.08. The van der Waals surface area contributed by atoms with Crippen LogP contribution in [0.5, 0.6) is 0 Å². The molecule has 0 N–H and O–H groups in total. The molecule has 26 heavy (non-hydrogen) atoms. The molecule has 0 aromatic heterocycles. The van der Waals surface area contributed by atoms with Crippen LogP contribution in [-0.4, -0.2) is 19.0 Å². The maximum Gasteiger partial charge on any atom is 0.139 e. The fraction of sp³-hybridized carbons (Fsp3) is 0.958. The Morgan fingerprint density at radius 1 is 0.846 bits per heavy atom. The lowest BCUT2D eigenvalue weighted by molar-refractivity contribution is -0.135. The Morgan fingerprint density at radius 2 is 1.50 bits per heavy atom. The summed E-state index contributed by atoms with van der Waals surface area (Å²) in [5, 5.41) is 0. The molecule has 2 aliphatic rings. The smallest absolute Gasteiger partial charge is 0.139 e. The maximum atomic E-state index is 13.4. The molecule has 0 spiro atoms. The van der Waals surface area contributed by atoms with Crippen molar-refractivity contribution in [3.63, 3.8) is 0 Å². The first-order valence-corrected chi connectivity index (χ1v) is 11.9. The normalized spacial score (nSPS) is 26.7. The zero-order valence-electron chi connectivity index (χ0n) is 17.5. The Kier molecular flexibility index (Phi) is 10.9. The van der Waals surface area contributed by atoms with E-state index in [9.17, 15) is 4.79 Å². The van der Waals surface area contributed by atoms with Crippen molar-refractivity contribution in [3.05, 3.63) is 0 Å². The van der Waals surface area contributed by atoms with Gasteiger partial charge in [-0.2, -0.15) is 0 Å². The minimum atomic E-state index is 0.0394. The summed E-state index contributed by atoms with van der Waals surface area (Å²) in [4.78, 5) is 13.4. The van der Waals surface area contributed by atoms with E-state index in [0.717, 1.165) is 26.1 Å². The minimum Gasteiger partial charge on any atom is -0.382 e. The average Bonchev–Trinajstić information content (AvgIpc) is 2.60. The highest BCUT2D eigenvalue weighted by atomic mass is 16.5. The molecule has 0 bridgehead atoms. The van der Waals surface area contributed by atoms with Crippen LogP contribution in [0, 0.1) is 11.3 Å². The summed E-state index contributed by atoms with van der Waals surface area (Å²) in [5.41, 5.74) is 0.0394. The van der Waals surface area contributed by atoms with Crippen molar-refractivity contribution < 1.29 is 9.53 Å². The van der Waals surface area contributed by atoms with Crippen molar-refractivity contribution >= 4 is 5.78 Å². The number of ketones is 1. The molecule has 2 rings (SSSR count). The average molecular weight is 365 g/mol. The molecule has 1 unspecified atom stereocenters. The van der Waals surface area contributed by atoms with E-state index < -0.39 is 0 Å². The van der Waals surface area contributed by atoms with Crippen LogP contribution in [0.4, 0.5) is 0 Å². The largest absolute Gasteiger partial charge is 0.382 e. The highest BCUT2D eigenvalue weighted by molar-refractivity contribution is 5.85. The van der Waals surface area contributed by atoms with Gasteiger partial charge in [-0.05, 0) is 51.4 Å². The summed E-state index contributed by atoms with van der Waals surface area (Å²) in [6.45, 7) is 3.81. The van der Waals surface area contributed by atoms with Crippen LogP contribution in [0.2, 0.25) is 0 Å². The van der Waals surface area contributed by atoms with E-state index in [1.54, 1.807) is 0 Å². The van der Waals surface area contributed by atoms with Crippen LogP contribution in [-0.2, 0) is 9.53 Å². The summed E-state index contributed by atoms with van der Waals surface area (Å²) in [6.07, 6.45) is 22.7. The van der Waals surface area contributed by atoms with Crippen molar-refractivity contribution in [2.24, 2.45) is 11.3 Å². The molecule has 2 saturated carbocycles. The van der Waals surface area contributed by atoms with Crippen molar-refractivity contribution in [1.82, 2.24) is 0 Å². The number of carbonyl (C=O) groups is 1. The van der Waals surface area contributed by atoms with E-state index in [0.29, 0.717) is 11.7 Å². The van der Waals surface area contributed by atoms with E-state index in [4.69, 9.17) is 4.74 Å². The van der Waals surface area contributed by atoms with Gasteiger partial charge in [0.05, 0.1) is 0 Å². The monoisotopic (exact) mass is 364 g/mol. The third kappa shape index (κ3) is 6.98. The Bertz CT molecular complexity index is 370. The van der Waals surface area contributed by atoms with Crippen molar-refractivity contribution in [2.45, 2.75) is 122 Å². The lowest BCUT2D eigenvalue weighted by Crippen LogP contribution is -2.40. The number of Topliss-reactive ketones (excluding diaryl/α,β-unsaturated/α-hetero) is 1. The van der Waals surface area contributed by atoms with Gasteiger partial charge in [0, 0.05) is 25.0 Å². The summed E-state index contributed by atoms with van der Waals surface area (Å²) >= 11 is 0. The quantitative estimate of drug-likeness (QED) is 0.403. The van der Waals surface area contributed by atoms with Crippen LogP contribution in [0.3, 0.4) is 0 Å². The second kappa shape index (κ2) is 12.9. The summed E-state index contributed by atoms with van der Waals surface area (Å²) in [6, 6.07) is 0. The molecule has 0 aliphatic heterocycles. The van der Waals surface area contributed by atoms with Crippen LogP contribution in [0.15, 0.2) is 0 Å². The van der Waals surface area contributed by atoms with E-state index in [2.05, 4.69) is 6.92 Å². The minimum absolute atomic E-state index is 0.0394. The zero-order valence-corrected chi connectivity index (χ0v) is 17.5. The van der Waals surface area contributed by atoms with Gasteiger partial charge in [-0.3, -0.25) is 4.79 Å². The van der Waals surface area contributed by atoms with Gasteiger partial charge in [-0.25, -0.2) is 0 Å². The summed E-state index contributed by atoms with van der Waals surface area (Å²) < 4.78 is 5.46. The molecule has 0 saturated heterocycles. The van der Waals surface area contributed by atoms with Crippen LogP contribution in [0.25, 0.3) is 0 Å². The Hall–Kier alpha value is -0.370. The number of hydrogen-bond donors (Lipinski definition) is 0. The number of hydrogen-bond acceptors (Lipinski definition) is 2. The van der Waals surface area contributed by atoms with Gasteiger partial charge in [-0.15, -0.1) is 0 Å². The molecule has 0 heterocycles. The lowest BCUT2D eigenvalue weighted by atomic mass is 9.61. The third-order valence-electron chi connectivity index (χ3n) is 7.08. The highest BCUT2D eigenvalue weighted by Crippen LogP contribution is 2.47. The molecule has 152 valence electrons. The molecule has 0 amide bonds. The standard InChI is InChI=1S/C24H44O2/c1-2-26-21-15-9-8-14-20-24(19-13-7-6-12-18-23(24)25)22-16-10-4-3-5-11-17-22/h22H,2-21H2,1H3. The number of ether oxygens (including phenoxy) is 1. The number of rotatable bonds is 9. The molecule has 2 aliphatic carbocycles. The second-order valence-electron chi connectivity index (χ2n) is 8.90. The molecule has 2 fully saturated rings. The maximum absolute atomic E-state index is 13.4. The molecule has 0 radical (unpaired) electrons. The molecular weight excluding hydrogens is 320 g/mol. The summed E-state index contributed by atoms with van der Waals surface area (Å²) in [7, 11) is 0. The fourth-order valence-electron chi connectivity index (χ4n) is 5.52. The first kappa shape index (κ1) is 21.9. The summed E-state index contributed by atoms with van der Waals surface area (Å²) in [5.74, 6) is 1.33. The van der Waals surface area contributed by atoms with Crippen LogP contribution >= 0.6 is 0 Å². The number of unbranched alkanes of at least 4 members (excludes halogenated alkanes) is 3. The van der Waals surface area contributed by atoms with Gasteiger partial charge < -0.3 is 4.74 Å². The predicted octanol–water partition coefficient (Wildman–Crippen LogP) is 7.24. The van der Waals surface area contributed by atoms with Crippen molar-refractivity contribution in [2.75, 3.05) is 13.2 Å². The predicted molar refractivity (Wildman–Crippen MR) is 111 cm³/mol. The molecular formula is C24H44O2. The SMILES string of the molecule is CCOCCCCCCC1(C2CCCCCCC2)CCCCCCC1=O. The van der Waals surface area contributed by atoms with Crippen LogP contribution in [0.1, 0.15) is 122 Å². The Balaban J connectivity index is 1.96. The Morgan fingerprint density at radius 3 is 2.27 bits per heavy atom. The van der Waals surface area contributed by atoms with E-state index in [-0.39, 0.29) is 5.41 Å². The second-order valence-corrected chi connectivity index (χ2v) is 8.90. The highest BCUT2D eigenvalue weighted by Gasteiger charge is 2.43. The molecule has 2 heteroatoms. The van der Waals surface area contributed by atoms with Gasteiger partial charge in [0.2, 0.25) is 0 Å². The fourth-order valence-corrected chi connectivity index (χ4v) is 5.52. The van der Waals surface area contributed by atoms with Gasteiger partial charge in [-0.1, -0.05) is 70.6 Å². The van der Waals surface area contributed by atoms with Crippen molar-refractivity contribution in [1.29, 1.82) is 0 Å². The van der Waals surface area contributed by atoms with E-state index in [1.165, 1.54) is 103 Å². The molecule has 0 aromatic rings. The topological polar surface area (TPSA) is 26.3 Å². The zero-order chi connectivity index (χ0) is 18.5. The first-order valence-electron chi connectivity index (χ1n) is 11.9.